The van der Waals surface area contributed by atoms with E-state index in [2.05, 4.69) is 25.3 Å². The minimum absolute atomic E-state index is 0.126. The van der Waals surface area contributed by atoms with E-state index in [0.717, 1.165) is 5.56 Å². The van der Waals surface area contributed by atoms with Crippen molar-refractivity contribution in [2.75, 3.05) is 5.73 Å². The van der Waals surface area contributed by atoms with Crippen LogP contribution in [0.5, 0.6) is 0 Å². The topological polar surface area (TPSA) is 207 Å². The lowest BCUT2D eigenvalue weighted by Crippen LogP contribution is -2.54. The summed E-state index contributed by atoms with van der Waals surface area (Å²) < 4.78 is 6.89. The highest BCUT2D eigenvalue weighted by Gasteiger charge is 2.49. The fraction of sp³-hybridized carbons (Fsp3) is 0.353. The number of aliphatic carboxylic acids is 1. The van der Waals surface area contributed by atoms with Gasteiger partial charge in [0.15, 0.2) is 23.8 Å². The van der Waals surface area contributed by atoms with E-state index in [-0.39, 0.29) is 23.4 Å². The van der Waals surface area contributed by atoms with Gasteiger partial charge in [-0.05, 0) is 18.1 Å². The van der Waals surface area contributed by atoms with E-state index in [1.807, 2.05) is 0 Å². The van der Waals surface area contributed by atoms with Gasteiger partial charge in [0.2, 0.25) is 5.91 Å². The van der Waals surface area contributed by atoms with Crippen LogP contribution in [0.1, 0.15) is 11.8 Å². The van der Waals surface area contributed by atoms with Crippen LogP contribution in [0, 0.1) is 0 Å². The summed E-state index contributed by atoms with van der Waals surface area (Å²) in [5.41, 5.74) is 13.0. The number of imidazole rings is 1. The number of hydrogen-bond acceptors (Lipinski definition) is 9. The highest BCUT2D eigenvalue weighted by atomic mass is 16.6. The van der Waals surface area contributed by atoms with Gasteiger partial charge >= 0.3 is 5.97 Å². The van der Waals surface area contributed by atoms with Crippen molar-refractivity contribution >= 4 is 28.9 Å². The third-order valence-electron chi connectivity index (χ3n) is 4.94. The van der Waals surface area contributed by atoms with Crippen LogP contribution >= 0.6 is 0 Å². The fourth-order valence-electron chi connectivity index (χ4n) is 3.43. The second-order valence-electron chi connectivity index (χ2n) is 6.92. The number of aromatic amines is 1. The normalized spacial score (nSPS) is 24.7. The molecule has 1 fully saturated rings. The van der Waals surface area contributed by atoms with Crippen molar-refractivity contribution in [2.45, 2.75) is 36.9 Å². The van der Waals surface area contributed by atoms with Gasteiger partial charge in [0.25, 0.3) is 0 Å². The van der Waals surface area contributed by atoms with Gasteiger partial charge in [-0.3, -0.25) is 9.36 Å². The second-order valence-corrected chi connectivity index (χ2v) is 6.92. The number of nitrogens with one attached hydrogen (secondary N) is 2. The number of carbonyl (C=O) groups excluding carboxylic acids is 1. The van der Waals surface area contributed by atoms with Crippen LogP contribution < -0.4 is 16.8 Å². The number of H-pyrrole nitrogens is 1. The molecule has 0 saturated carbocycles. The lowest BCUT2D eigenvalue weighted by Gasteiger charge is -2.22. The average molecular weight is 416 g/mol. The predicted molar refractivity (Wildman–Crippen MR) is 102 cm³/mol. The molecule has 1 amide bonds. The number of nitrogen functional groups attached to an aromatic ring is 1. The fourth-order valence-corrected chi connectivity index (χ4v) is 3.43. The number of hydrogen-bond donors (Lipinski definition) is 6. The summed E-state index contributed by atoms with van der Waals surface area (Å²) in [5.74, 6) is -1.83. The quantitative estimate of drug-likeness (QED) is 0.264. The van der Waals surface area contributed by atoms with Gasteiger partial charge in [0.1, 0.15) is 17.9 Å². The van der Waals surface area contributed by atoms with Crippen LogP contribution in [0.4, 0.5) is 5.82 Å². The van der Waals surface area contributed by atoms with Gasteiger partial charge in [0.05, 0.1) is 18.4 Å². The molecule has 13 heteroatoms. The predicted octanol–water partition coefficient (Wildman–Crippen LogP) is -1.87. The Morgan fingerprint density at radius 1 is 1.37 bits per heavy atom. The van der Waals surface area contributed by atoms with E-state index < -0.39 is 42.4 Å². The zero-order valence-corrected chi connectivity index (χ0v) is 15.5. The smallest absolute Gasteiger partial charge is 0.335 e. The number of aliphatic hydroxyl groups is 1. The number of amides is 1. The molecule has 30 heavy (non-hydrogen) atoms. The Morgan fingerprint density at radius 2 is 2.17 bits per heavy atom. The van der Waals surface area contributed by atoms with Gasteiger partial charge in [-0.15, -0.1) is 0 Å². The number of ether oxygens (including phenoxy) is 1. The number of carboxylic acids is 1. The Kier molecular flexibility index (Phi) is 5.07. The Morgan fingerprint density at radius 3 is 2.87 bits per heavy atom. The van der Waals surface area contributed by atoms with Crippen LogP contribution in [-0.4, -0.2) is 70.9 Å². The SMILES string of the molecule is Nc1ncnc2c1ncn2[C@@H]1O[C@H](C(=O)O)[C@@H](NC(=O)C(N)Cc2cc[nH]c2)[C@H]1O. The number of carbonyl (C=O) groups is 2. The first kappa shape index (κ1) is 19.8. The van der Waals surface area contributed by atoms with Crippen LogP contribution in [0.25, 0.3) is 11.2 Å². The van der Waals surface area contributed by atoms with E-state index in [1.54, 1.807) is 18.5 Å². The number of fused-ring (bicyclic) bond motifs is 1. The van der Waals surface area contributed by atoms with E-state index >= 15 is 0 Å². The Hall–Kier alpha value is -3.55. The first-order valence-electron chi connectivity index (χ1n) is 9.03. The molecule has 3 aromatic rings. The molecule has 5 atom stereocenters. The number of aliphatic hydroxyl groups excluding tert-OH is 1. The molecule has 0 aromatic carbocycles. The molecular formula is C17H20N8O5. The molecular weight excluding hydrogens is 396 g/mol. The lowest BCUT2D eigenvalue weighted by molar-refractivity contribution is -0.152. The van der Waals surface area contributed by atoms with Crippen molar-refractivity contribution < 1.29 is 24.5 Å². The third-order valence-corrected chi connectivity index (χ3v) is 4.94. The standard InChI is InChI=1S/C17H20N8O5/c18-8(3-7-1-2-20-4-7)15(27)24-9-11(26)16(30-12(9)17(28)29)25-6-23-10-13(19)21-5-22-14(10)25/h1-2,4-6,8-9,11-12,16,20,26H,3,18H2,(H,24,27)(H,28,29)(H2,19,21,22)/t8?,9-,11+,12-,16+/m0/s1. The molecule has 4 rings (SSSR count). The first-order valence-corrected chi connectivity index (χ1v) is 9.03. The van der Waals surface area contributed by atoms with Crippen LogP contribution in [0.3, 0.4) is 0 Å². The zero-order chi connectivity index (χ0) is 21.4. The van der Waals surface area contributed by atoms with Crippen LogP contribution in [0.15, 0.2) is 31.1 Å². The molecule has 4 heterocycles. The summed E-state index contributed by atoms with van der Waals surface area (Å²) >= 11 is 0. The third kappa shape index (κ3) is 3.45. The zero-order valence-electron chi connectivity index (χ0n) is 15.5. The highest BCUT2D eigenvalue weighted by molar-refractivity contribution is 5.84. The maximum absolute atomic E-state index is 12.5. The number of nitrogens with zero attached hydrogens (tertiary/aromatic N) is 4. The van der Waals surface area contributed by atoms with Crippen molar-refractivity contribution in [2.24, 2.45) is 5.73 Å². The Bertz CT molecular complexity index is 1070. The first-order chi connectivity index (χ1) is 14.4. The number of carboxylic acid groups (broad SMARTS) is 1. The Balaban J connectivity index is 1.56. The molecule has 8 N–H and O–H groups in total. The highest BCUT2D eigenvalue weighted by Crippen LogP contribution is 2.32. The van der Waals surface area contributed by atoms with Gasteiger partial charge in [-0.2, -0.15) is 0 Å². The van der Waals surface area contributed by atoms with Gasteiger partial charge in [0, 0.05) is 12.4 Å². The molecule has 0 radical (unpaired) electrons. The van der Waals surface area contributed by atoms with Crippen molar-refractivity contribution in [1.29, 1.82) is 0 Å². The average Bonchev–Trinajstić information content (AvgIpc) is 3.43. The summed E-state index contributed by atoms with van der Waals surface area (Å²) in [6, 6.07) is -0.411. The molecule has 158 valence electrons. The van der Waals surface area contributed by atoms with E-state index in [4.69, 9.17) is 16.2 Å². The van der Waals surface area contributed by atoms with Crippen molar-refractivity contribution in [3.05, 3.63) is 36.7 Å². The molecule has 0 bridgehead atoms. The summed E-state index contributed by atoms with van der Waals surface area (Å²) in [4.78, 5) is 39.1. The number of aromatic nitrogens is 5. The summed E-state index contributed by atoms with van der Waals surface area (Å²) in [6.45, 7) is 0. The number of anilines is 1. The lowest BCUT2D eigenvalue weighted by atomic mass is 10.0. The van der Waals surface area contributed by atoms with Crippen molar-refractivity contribution in [3.63, 3.8) is 0 Å². The molecule has 1 aliphatic heterocycles. The summed E-state index contributed by atoms with van der Waals surface area (Å²) in [6.07, 6.45) is 2.07. The van der Waals surface area contributed by atoms with E-state index in [9.17, 15) is 19.8 Å². The summed E-state index contributed by atoms with van der Waals surface area (Å²) in [5, 5.41) is 22.8. The van der Waals surface area contributed by atoms with Crippen molar-refractivity contribution in [3.8, 4) is 0 Å². The van der Waals surface area contributed by atoms with Gasteiger partial charge in [-0.1, -0.05) is 0 Å². The van der Waals surface area contributed by atoms with E-state index in [1.165, 1.54) is 17.2 Å². The molecule has 0 aliphatic carbocycles. The van der Waals surface area contributed by atoms with Crippen LogP contribution in [0.2, 0.25) is 0 Å². The van der Waals surface area contributed by atoms with Crippen molar-refractivity contribution in [1.82, 2.24) is 29.8 Å². The maximum atomic E-state index is 12.5. The number of nitrogens with two attached hydrogens (primary N) is 2. The minimum atomic E-state index is -1.51. The largest absolute Gasteiger partial charge is 0.479 e. The second kappa shape index (κ2) is 7.70. The molecule has 0 spiro atoms. The number of rotatable bonds is 6. The maximum Gasteiger partial charge on any atom is 0.335 e. The van der Waals surface area contributed by atoms with Crippen LogP contribution in [-0.2, 0) is 20.7 Å². The van der Waals surface area contributed by atoms with Gasteiger partial charge in [-0.25, -0.2) is 19.7 Å². The Labute approximate surface area is 169 Å². The minimum Gasteiger partial charge on any atom is -0.479 e. The molecule has 3 aromatic heterocycles. The molecule has 1 saturated heterocycles. The monoisotopic (exact) mass is 416 g/mol. The molecule has 1 aliphatic rings. The van der Waals surface area contributed by atoms with E-state index in [0.29, 0.717) is 0 Å². The molecule has 1 unspecified atom stereocenters. The summed E-state index contributed by atoms with van der Waals surface area (Å²) in [7, 11) is 0. The van der Waals surface area contributed by atoms with Gasteiger partial charge < -0.3 is 36.7 Å². The molecule has 13 nitrogen and oxygen atoms in total.